The highest BCUT2D eigenvalue weighted by Crippen LogP contribution is 2.28. The molecule has 1 amide bonds. The van der Waals surface area contributed by atoms with E-state index in [9.17, 15) is 4.79 Å². The van der Waals surface area contributed by atoms with Crippen molar-refractivity contribution in [2.24, 2.45) is 5.92 Å². The molecule has 34 heavy (non-hydrogen) atoms. The summed E-state index contributed by atoms with van der Waals surface area (Å²) in [5, 5.41) is 7.21. The molecule has 1 N–H and O–H groups in total. The van der Waals surface area contributed by atoms with Crippen molar-refractivity contribution in [1.29, 1.82) is 0 Å². The fourth-order valence-electron chi connectivity index (χ4n) is 4.31. The minimum atomic E-state index is -0.0219. The molecule has 1 unspecified atom stereocenters. The molecule has 0 aliphatic carbocycles. The molecule has 1 aliphatic rings. The summed E-state index contributed by atoms with van der Waals surface area (Å²) in [5.74, 6) is 2.71. The largest absolute Gasteiger partial charge is 0.493 e. The Morgan fingerprint density at radius 1 is 1.15 bits per heavy atom. The van der Waals surface area contributed by atoms with Crippen LogP contribution in [-0.4, -0.2) is 54.8 Å². The summed E-state index contributed by atoms with van der Waals surface area (Å²) >= 11 is 0. The van der Waals surface area contributed by atoms with Gasteiger partial charge in [-0.15, -0.1) is 0 Å². The molecule has 4 rings (SSSR count). The van der Waals surface area contributed by atoms with Crippen LogP contribution in [0.25, 0.3) is 11.4 Å². The van der Waals surface area contributed by atoms with Crippen LogP contribution in [0.4, 0.5) is 0 Å². The van der Waals surface area contributed by atoms with Crippen molar-refractivity contribution < 1.29 is 18.8 Å². The van der Waals surface area contributed by atoms with Crippen LogP contribution in [0.1, 0.15) is 30.7 Å². The average molecular weight is 465 g/mol. The summed E-state index contributed by atoms with van der Waals surface area (Å²) in [6.45, 7) is 2.83. The van der Waals surface area contributed by atoms with E-state index in [1.165, 1.54) is 0 Å². The number of hydrogen-bond donors (Lipinski definition) is 1. The maximum Gasteiger partial charge on any atom is 0.241 e. The van der Waals surface area contributed by atoms with Gasteiger partial charge in [0.2, 0.25) is 17.6 Å². The quantitative estimate of drug-likeness (QED) is 0.458. The number of methoxy groups -OCH3 is 2. The third kappa shape index (κ3) is 6.14. The van der Waals surface area contributed by atoms with E-state index in [0.29, 0.717) is 31.3 Å². The average Bonchev–Trinajstić information content (AvgIpc) is 3.35. The Morgan fingerprint density at radius 3 is 2.76 bits per heavy atom. The highest BCUT2D eigenvalue weighted by molar-refractivity contribution is 5.78. The molecule has 0 saturated carbocycles. The number of ether oxygens (including phenoxy) is 2. The van der Waals surface area contributed by atoms with Gasteiger partial charge in [0.25, 0.3) is 0 Å². The lowest BCUT2D eigenvalue weighted by molar-refractivity contribution is -0.126. The zero-order chi connectivity index (χ0) is 23.8. The topological polar surface area (TPSA) is 89.7 Å². The molecule has 1 aliphatic heterocycles. The monoisotopic (exact) mass is 464 g/mol. The van der Waals surface area contributed by atoms with Crippen LogP contribution in [0.5, 0.6) is 11.5 Å². The van der Waals surface area contributed by atoms with Crippen molar-refractivity contribution >= 4 is 5.91 Å². The summed E-state index contributed by atoms with van der Waals surface area (Å²) in [6, 6.07) is 15.7. The van der Waals surface area contributed by atoms with Gasteiger partial charge in [-0.05, 0) is 49.9 Å². The lowest BCUT2D eigenvalue weighted by atomic mass is 9.97. The van der Waals surface area contributed by atoms with Crippen molar-refractivity contribution in [3.63, 3.8) is 0 Å². The summed E-state index contributed by atoms with van der Waals surface area (Å²) in [7, 11) is 3.26. The van der Waals surface area contributed by atoms with Crippen LogP contribution in [0.3, 0.4) is 0 Å². The van der Waals surface area contributed by atoms with E-state index < -0.39 is 0 Å². The number of nitrogens with zero attached hydrogens (tertiary/aromatic N) is 3. The van der Waals surface area contributed by atoms with Gasteiger partial charge < -0.3 is 19.3 Å². The van der Waals surface area contributed by atoms with E-state index in [1.807, 2.05) is 48.5 Å². The number of aryl methyl sites for hydroxylation is 1. The molecule has 180 valence electrons. The number of rotatable bonds is 10. The Balaban J connectivity index is 1.22. The van der Waals surface area contributed by atoms with E-state index in [0.717, 1.165) is 54.9 Å². The fourth-order valence-corrected chi connectivity index (χ4v) is 4.31. The first kappa shape index (κ1) is 23.8. The zero-order valence-corrected chi connectivity index (χ0v) is 19.8. The van der Waals surface area contributed by atoms with Crippen LogP contribution in [0.15, 0.2) is 53.1 Å². The van der Waals surface area contributed by atoms with Gasteiger partial charge >= 0.3 is 0 Å². The van der Waals surface area contributed by atoms with E-state index in [-0.39, 0.29) is 11.8 Å². The SMILES string of the molecule is COc1ccc(CCCNC(=O)C2CCCN(Cc3nc(-c4ccccc4)no3)C2)cc1OC. The van der Waals surface area contributed by atoms with Crippen LogP contribution < -0.4 is 14.8 Å². The molecule has 1 fully saturated rings. The number of piperidine rings is 1. The lowest BCUT2D eigenvalue weighted by Crippen LogP contribution is -2.43. The highest BCUT2D eigenvalue weighted by atomic mass is 16.5. The molecular formula is C26H32N4O4. The Morgan fingerprint density at radius 2 is 1.97 bits per heavy atom. The van der Waals surface area contributed by atoms with Gasteiger partial charge in [-0.25, -0.2) is 0 Å². The first-order valence-electron chi connectivity index (χ1n) is 11.7. The lowest BCUT2D eigenvalue weighted by Gasteiger charge is -2.30. The number of amides is 1. The van der Waals surface area contributed by atoms with Crippen molar-refractivity contribution in [3.8, 4) is 22.9 Å². The van der Waals surface area contributed by atoms with E-state index >= 15 is 0 Å². The van der Waals surface area contributed by atoms with Crippen LogP contribution in [0, 0.1) is 5.92 Å². The van der Waals surface area contributed by atoms with Crippen molar-refractivity contribution in [2.45, 2.75) is 32.2 Å². The molecule has 1 aromatic heterocycles. The second-order valence-corrected chi connectivity index (χ2v) is 8.54. The van der Waals surface area contributed by atoms with Crippen LogP contribution in [-0.2, 0) is 17.8 Å². The first-order chi connectivity index (χ1) is 16.7. The predicted octanol–water partition coefficient (Wildman–Crippen LogP) is 3.71. The third-order valence-corrected chi connectivity index (χ3v) is 6.12. The number of carbonyl (C=O) groups excluding carboxylic acids is 1. The summed E-state index contributed by atoms with van der Waals surface area (Å²) < 4.78 is 16.1. The molecule has 0 bridgehead atoms. The summed E-state index contributed by atoms with van der Waals surface area (Å²) in [4.78, 5) is 19.5. The number of likely N-dealkylation sites (tertiary alicyclic amines) is 1. The summed E-state index contributed by atoms with van der Waals surface area (Å²) in [6.07, 6.45) is 3.60. The standard InChI is InChI=1S/C26H32N4O4/c1-32-22-13-12-19(16-23(22)33-2)8-6-14-27-26(31)21-11-7-15-30(17-21)18-24-28-25(29-34-24)20-9-4-3-5-10-20/h3-5,9-10,12-13,16,21H,6-8,11,14-15,17-18H2,1-2H3,(H,27,31). The maximum atomic E-state index is 12.8. The fraction of sp³-hybridized carbons (Fsp3) is 0.423. The normalized spacial score (nSPS) is 16.2. The molecule has 2 heterocycles. The molecule has 8 nitrogen and oxygen atoms in total. The minimum absolute atomic E-state index is 0.0219. The van der Waals surface area contributed by atoms with E-state index in [1.54, 1.807) is 14.2 Å². The van der Waals surface area contributed by atoms with Crippen molar-refractivity contribution in [3.05, 3.63) is 60.0 Å². The molecule has 1 atom stereocenters. The third-order valence-electron chi connectivity index (χ3n) is 6.12. The van der Waals surface area contributed by atoms with Crippen LogP contribution >= 0.6 is 0 Å². The molecule has 0 radical (unpaired) electrons. The highest BCUT2D eigenvalue weighted by Gasteiger charge is 2.26. The van der Waals surface area contributed by atoms with Crippen LogP contribution in [0.2, 0.25) is 0 Å². The van der Waals surface area contributed by atoms with Gasteiger partial charge in [0.15, 0.2) is 11.5 Å². The predicted molar refractivity (Wildman–Crippen MR) is 129 cm³/mol. The van der Waals surface area contributed by atoms with Gasteiger partial charge in [0.1, 0.15) is 0 Å². The Kier molecular flexibility index (Phi) is 8.14. The first-order valence-corrected chi connectivity index (χ1v) is 11.7. The molecule has 0 spiro atoms. The second kappa shape index (κ2) is 11.7. The number of hydrogen-bond acceptors (Lipinski definition) is 7. The number of aromatic nitrogens is 2. The smallest absolute Gasteiger partial charge is 0.241 e. The number of nitrogens with one attached hydrogen (secondary N) is 1. The van der Waals surface area contributed by atoms with Crippen molar-refractivity contribution in [2.75, 3.05) is 33.9 Å². The van der Waals surface area contributed by atoms with Gasteiger partial charge in [-0.1, -0.05) is 41.6 Å². The van der Waals surface area contributed by atoms with Gasteiger partial charge in [0, 0.05) is 18.7 Å². The minimum Gasteiger partial charge on any atom is -0.493 e. The Labute approximate surface area is 200 Å². The molecule has 8 heteroatoms. The number of benzene rings is 2. The van der Waals surface area contributed by atoms with Gasteiger partial charge in [-0.2, -0.15) is 4.98 Å². The molecule has 3 aromatic rings. The Hall–Kier alpha value is -3.39. The van der Waals surface area contributed by atoms with Gasteiger partial charge in [-0.3, -0.25) is 9.69 Å². The maximum absolute atomic E-state index is 12.8. The second-order valence-electron chi connectivity index (χ2n) is 8.54. The van der Waals surface area contributed by atoms with E-state index in [4.69, 9.17) is 14.0 Å². The number of carbonyl (C=O) groups is 1. The molecule has 2 aromatic carbocycles. The molecule has 1 saturated heterocycles. The van der Waals surface area contributed by atoms with E-state index in [2.05, 4.69) is 20.4 Å². The van der Waals surface area contributed by atoms with Crippen molar-refractivity contribution in [1.82, 2.24) is 20.4 Å². The van der Waals surface area contributed by atoms with Gasteiger partial charge in [0.05, 0.1) is 26.7 Å². The summed E-state index contributed by atoms with van der Waals surface area (Å²) in [5.41, 5.74) is 2.09. The zero-order valence-electron chi connectivity index (χ0n) is 19.8. The molecular weight excluding hydrogens is 432 g/mol. The Bertz CT molecular complexity index is 1070.